The van der Waals surface area contributed by atoms with Gasteiger partial charge in [-0.3, -0.25) is 0 Å². The van der Waals surface area contributed by atoms with Gasteiger partial charge in [-0.25, -0.2) is 0 Å². The van der Waals surface area contributed by atoms with Gasteiger partial charge < -0.3 is 3.79 Å². The maximum Gasteiger partial charge on any atom is 0.369 e. The summed E-state index contributed by atoms with van der Waals surface area (Å²) in [5.74, 6) is 0. The Balaban J connectivity index is 2.99. The Morgan fingerprint density at radius 1 is 1.43 bits per heavy atom. The van der Waals surface area contributed by atoms with Crippen LogP contribution in [-0.4, -0.2) is 22.7 Å². The van der Waals surface area contributed by atoms with Gasteiger partial charge in [0, 0.05) is 6.10 Å². The molecule has 0 bridgehead atoms. The molecule has 1 nitrogen and oxygen atoms in total. The van der Waals surface area contributed by atoms with Crippen LogP contribution >= 0.6 is 0 Å². The zero-order valence-electron chi connectivity index (χ0n) is 4.98. The highest BCUT2D eigenvalue weighted by Crippen LogP contribution is 1.98. The third-order valence-electron chi connectivity index (χ3n) is 1.10. The van der Waals surface area contributed by atoms with Gasteiger partial charge in [0.2, 0.25) is 0 Å². The Hall–Kier alpha value is 0.492. The van der Waals surface area contributed by atoms with Crippen molar-refractivity contribution in [2.24, 2.45) is 0 Å². The molecular formula is C5H11AlO. The van der Waals surface area contributed by atoms with E-state index in [9.17, 15) is 0 Å². The molecule has 0 N–H and O–H groups in total. The fourth-order valence-electron chi connectivity index (χ4n) is 0.481. The fourth-order valence-corrected chi connectivity index (χ4v) is 0.866. The molecule has 0 saturated heterocycles. The van der Waals surface area contributed by atoms with Crippen LogP contribution in [0.1, 0.15) is 26.7 Å². The predicted octanol–water partition coefficient (Wildman–Crippen LogP) is 1.28. The Bertz CT molecular complexity index is 29.6. The van der Waals surface area contributed by atoms with Crippen LogP contribution in [0.4, 0.5) is 0 Å². The summed E-state index contributed by atoms with van der Waals surface area (Å²) in [6, 6.07) is 0. The molecule has 2 heteroatoms. The van der Waals surface area contributed by atoms with Gasteiger partial charge >= 0.3 is 16.6 Å². The minimum Gasteiger partial charge on any atom is -0.514 e. The minimum absolute atomic E-state index is 0.449. The van der Waals surface area contributed by atoms with E-state index < -0.39 is 0 Å². The van der Waals surface area contributed by atoms with Gasteiger partial charge in [0.05, 0.1) is 0 Å². The molecule has 0 aromatic heterocycles. The molecule has 0 aliphatic carbocycles. The second-order valence-electron chi connectivity index (χ2n) is 1.57. The summed E-state index contributed by atoms with van der Waals surface area (Å²) in [6.45, 7) is 4.25. The normalized spacial score (nSPS) is 10.1. The van der Waals surface area contributed by atoms with Crippen LogP contribution in [0.2, 0.25) is 0 Å². The summed E-state index contributed by atoms with van der Waals surface area (Å²) in [5.41, 5.74) is 0. The van der Waals surface area contributed by atoms with Crippen LogP contribution in [0.25, 0.3) is 0 Å². The maximum absolute atomic E-state index is 4.97. The first-order chi connectivity index (χ1) is 3.35. The first-order valence-electron chi connectivity index (χ1n) is 2.70. The lowest BCUT2D eigenvalue weighted by molar-refractivity contribution is 0.212. The Kier molecular flexibility index (Phi) is 4.97. The topological polar surface area (TPSA) is 9.23 Å². The van der Waals surface area contributed by atoms with Gasteiger partial charge in [-0.05, 0) is 12.8 Å². The third kappa shape index (κ3) is 3.11. The summed E-state index contributed by atoms with van der Waals surface area (Å²) in [6.07, 6.45) is 2.67. The zero-order valence-corrected chi connectivity index (χ0v) is 6.13. The van der Waals surface area contributed by atoms with Crippen LogP contribution in [0, 0.1) is 0 Å². The van der Waals surface area contributed by atoms with E-state index in [-0.39, 0.29) is 0 Å². The molecule has 0 unspecified atom stereocenters. The zero-order chi connectivity index (χ0) is 5.70. The van der Waals surface area contributed by atoms with Crippen molar-refractivity contribution in [2.45, 2.75) is 32.8 Å². The third-order valence-corrected chi connectivity index (χ3v) is 1.49. The summed E-state index contributed by atoms with van der Waals surface area (Å²) in [5, 5.41) is 0. The molecule has 0 aromatic rings. The van der Waals surface area contributed by atoms with E-state index in [0.717, 1.165) is 12.8 Å². The summed E-state index contributed by atoms with van der Waals surface area (Å²) in [7, 11) is 0. The largest absolute Gasteiger partial charge is 0.514 e. The summed E-state index contributed by atoms with van der Waals surface area (Å²) in [4.78, 5) is 0. The lowest BCUT2D eigenvalue weighted by Crippen LogP contribution is -2.06. The van der Waals surface area contributed by atoms with Crippen LogP contribution < -0.4 is 0 Å². The molecular weight excluding hydrogens is 103 g/mol. The molecule has 0 aliphatic heterocycles. The monoisotopic (exact) mass is 114 g/mol. The Morgan fingerprint density at radius 2 is 1.86 bits per heavy atom. The van der Waals surface area contributed by atoms with Crippen molar-refractivity contribution in [3.63, 3.8) is 0 Å². The molecule has 2 radical (unpaired) electrons. The van der Waals surface area contributed by atoms with E-state index in [2.05, 4.69) is 30.5 Å². The van der Waals surface area contributed by atoms with Crippen molar-refractivity contribution in [1.29, 1.82) is 0 Å². The van der Waals surface area contributed by atoms with Crippen molar-refractivity contribution in [3.05, 3.63) is 0 Å². The van der Waals surface area contributed by atoms with E-state index in [0.29, 0.717) is 6.10 Å². The lowest BCUT2D eigenvalue weighted by atomic mass is 10.2. The highest BCUT2D eigenvalue weighted by molar-refractivity contribution is 5.98. The molecule has 0 atom stereocenters. The van der Waals surface area contributed by atoms with E-state index in [4.69, 9.17) is 3.79 Å². The maximum atomic E-state index is 4.97. The standard InChI is InChI=1S/C5H11O.Al/c1-3-5(6)4-2;/h5H,3-4H2,1-2H3;/q-1;+1. The lowest BCUT2D eigenvalue weighted by Gasteiger charge is -2.10. The van der Waals surface area contributed by atoms with Crippen molar-refractivity contribution >= 4 is 16.6 Å². The minimum atomic E-state index is 0.449. The summed E-state index contributed by atoms with van der Waals surface area (Å²) >= 11 is 2.28. The number of rotatable bonds is 3. The first kappa shape index (κ1) is 7.49. The number of hydrogen-bond donors (Lipinski definition) is 0. The molecule has 0 amide bonds. The van der Waals surface area contributed by atoms with Crippen molar-refractivity contribution in [2.75, 3.05) is 0 Å². The molecule has 0 aromatic carbocycles. The molecule has 7 heavy (non-hydrogen) atoms. The molecule has 0 saturated carbocycles. The van der Waals surface area contributed by atoms with Crippen LogP contribution in [0.3, 0.4) is 0 Å². The first-order valence-corrected chi connectivity index (χ1v) is 3.17. The molecule has 0 aliphatic rings. The van der Waals surface area contributed by atoms with Crippen LogP contribution in [0.5, 0.6) is 0 Å². The van der Waals surface area contributed by atoms with Crippen LogP contribution in [-0.2, 0) is 3.79 Å². The highest BCUT2D eigenvalue weighted by Gasteiger charge is 1.94. The van der Waals surface area contributed by atoms with E-state index in [1.165, 1.54) is 0 Å². The quantitative estimate of drug-likeness (QED) is 0.502. The molecule has 0 fully saturated rings. The van der Waals surface area contributed by atoms with Gasteiger partial charge in [0.15, 0.2) is 0 Å². The van der Waals surface area contributed by atoms with Gasteiger partial charge in [-0.15, -0.1) is 0 Å². The van der Waals surface area contributed by atoms with Gasteiger partial charge in [-0.1, -0.05) is 13.8 Å². The van der Waals surface area contributed by atoms with Crippen molar-refractivity contribution in [1.82, 2.24) is 0 Å². The predicted molar refractivity (Wildman–Crippen MR) is 31.2 cm³/mol. The second kappa shape index (κ2) is 4.65. The summed E-state index contributed by atoms with van der Waals surface area (Å²) < 4.78 is 4.97. The van der Waals surface area contributed by atoms with E-state index in [1.807, 2.05) is 0 Å². The van der Waals surface area contributed by atoms with E-state index >= 15 is 0 Å². The molecule has 0 heterocycles. The molecule has 0 rings (SSSR count). The van der Waals surface area contributed by atoms with Crippen molar-refractivity contribution < 1.29 is 3.79 Å². The van der Waals surface area contributed by atoms with Crippen LogP contribution in [0.15, 0.2) is 0 Å². The smallest absolute Gasteiger partial charge is 0.369 e. The molecule has 40 valence electrons. The second-order valence-corrected chi connectivity index (χ2v) is 1.85. The van der Waals surface area contributed by atoms with Gasteiger partial charge in [0.25, 0.3) is 0 Å². The van der Waals surface area contributed by atoms with Gasteiger partial charge in [-0.2, -0.15) is 0 Å². The number of hydrogen-bond acceptors (Lipinski definition) is 1. The van der Waals surface area contributed by atoms with E-state index in [1.54, 1.807) is 0 Å². The Labute approximate surface area is 53.8 Å². The van der Waals surface area contributed by atoms with Gasteiger partial charge in [0.1, 0.15) is 0 Å². The highest BCUT2D eigenvalue weighted by atomic mass is 27.1. The fraction of sp³-hybridized carbons (Fsp3) is 1.00. The average Bonchev–Trinajstić information content (AvgIpc) is 1.72. The SMILES string of the molecule is CCC(CC)[O][Al]. The molecule has 0 spiro atoms. The van der Waals surface area contributed by atoms with Crippen molar-refractivity contribution in [3.8, 4) is 0 Å². The Morgan fingerprint density at radius 3 is 1.86 bits per heavy atom. The average molecular weight is 114 g/mol.